The van der Waals surface area contributed by atoms with Crippen LogP contribution in [0.3, 0.4) is 0 Å². The van der Waals surface area contributed by atoms with E-state index in [9.17, 15) is 42.3 Å². The second-order valence-electron chi connectivity index (χ2n) is 15.8. The Kier molecular flexibility index (Phi) is 16.0. The molecule has 292 valence electrons. The van der Waals surface area contributed by atoms with Gasteiger partial charge >= 0.3 is 12.1 Å². The Hall–Kier alpha value is -3.82. The molecule has 12 nitrogen and oxygen atoms in total. The molecule has 0 bridgehead atoms. The molecule has 52 heavy (non-hydrogen) atoms. The van der Waals surface area contributed by atoms with Crippen molar-refractivity contribution in [2.45, 2.75) is 118 Å². The molecule has 15 heteroatoms. The van der Waals surface area contributed by atoms with Crippen LogP contribution >= 0.6 is 0 Å². The zero-order valence-corrected chi connectivity index (χ0v) is 31.4. The predicted octanol–water partition coefficient (Wildman–Crippen LogP) is 3.59. The van der Waals surface area contributed by atoms with Crippen molar-refractivity contribution in [1.29, 1.82) is 0 Å². The molecule has 6 atom stereocenters. The van der Waals surface area contributed by atoms with Crippen molar-refractivity contribution in [3.05, 3.63) is 48.6 Å². The number of aliphatic hydroxyl groups is 1. The molecular weight excluding hydrogens is 683 g/mol. The Balaban J connectivity index is 2.33. The average molecular weight is 740 g/mol. The summed E-state index contributed by atoms with van der Waals surface area (Å²) in [6.45, 7) is 17.8. The highest BCUT2D eigenvalue weighted by atomic mass is 19.4. The number of ketones is 1. The summed E-state index contributed by atoms with van der Waals surface area (Å²) < 4.78 is 45.1. The molecule has 1 heterocycles. The molecule has 5 N–H and O–H groups in total. The number of rotatable bonds is 17. The summed E-state index contributed by atoms with van der Waals surface area (Å²) >= 11 is 0. The fourth-order valence-corrected chi connectivity index (χ4v) is 5.80. The molecular formula is C37H56F3N5O7. The molecule has 3 amide bonds. The SMILES string of the molecule is C=CCNC(=O)C(=O)C(CCC(F)(F)F)NC(=O)[C@@H]1CC(C(C)C)CN1C(=O)[C@@H](NC(O)N[C@H](C(=O)OCc1ccccc1)C(C)(C)C)C(C)(C)C. The number of esters is 1. The third-order valence-corrected chi connectivity index (χ3v) is 8.93. The van der Waals surface area contributed by atoms with Crippen LogP contribution in [0.15, 0.2) is 43.0 Å². The van der Waals surface area contributed by atoms with Crippen LogP contribution in [0, 0.1) is 22.7 Å². The molecule has 0 radical (unpaired) electrons. The second-order valence-corrected chi connectivity index (χ2v) is 15.8. The Morgan fingerprint density at radius 3 is 2.08 bits per heavy atom. The van der Waals surface area contributed by atoms with Gasteiger partial charge in [0.2, 0.25) is 17.6 Å². The van der Waals surface area contributed by atoms with Gasteiger partial charge in [-0.15, -0.1) is 6.58 Å². The quantitative estimate of drug-likeness (QED) is 0.0695. The van der Waals surface area contributed by atoms with Crippen LogP contribution in [-0.2, 0) is 35.3 Å². The van der Waals surface area contributed by atoms with Gasteiger partial charge in [-0.2, -0.15) is 13.2 Å². The molecule has 2 rings (SSSR count). The number of carbonyl (C=O) groups is 5. The second kappa shape index (κ2) is 18.8. The highest BCUT2D eigenvalue weighted by Gasteiger charge is 2.47. The fourth-order valence-electron chi connectivity index (χ4n) is 5.80. The summed E-state index contributed by atoms with van der Waals surface area (Å²) in [6.07, 6.45) is -7.14. The van der Waals surface area contributed by atoms with Crippen molar-refractivity contribution in [2.75, 3.05) is 13.1 Å². The summed E-state index contributed by atoms with van der Waals surface area (Å²) in [5, 5.41) is 21.5. The minimum absolute atomic E-state index is 0.00295. The number of likely N-dealkylation sites (tertiary alicyclic amines) is 1. The minimum atomic E-state index is -4.66. The number of aliphatic hydroxyl groups excluding tert-OH is 1. The molecule has 3 unspecified atom stereocenters. The molecule has 1 saturated heterocycles. The van der Waals surface area contributed by atoms with Crippen molar-refractivity contribution in [3.8, 4) is 0 Å². The maximum Gasteiger partial charge on any atom is 0.389 e. The monoisotopic (exact) mass is 739 g/mol. The summed E-state index contributed by atoms with van der Waals surface area (Å²) in [6, 6.07) is 3.94. The third-order valence-electron chi connectivity index (χ3n) is 8.93. The summed E-state index contributed by atoms with van der Waals surface area (Å²) in [5.41, 5.74) is -0.824. The van der Waals surface area contributed by atoms with Gasteiger partial charge in [-0.3, -0.25) is 34.6 Å². The normalized spacial score (nSPS) is 19.0. The number of halogens is 3. The first-order valence-electron chi connectivity index (χ1n) is 17.5. The van der Waals surface area contributed by atoms with Crippen LogP contribution in [0.2, 0.25) is 0 Å². The van der Waals surface area contributed by atoms with Crippen LogP contribution in [0.25, 0.3) is 0 Å². The van der Waals surface area contributed by atoms with Crippen molar-refractivity contribution in [3.63, 3.8) is 0 Å². The van der Waals surface area contributed by atoms with Crippen LogP contribution in [0.1, 0.15) is 80.2 Å². The van der Waals surface area contributed by atoms with Gasteiger partial charge in [-0.05, 0) is 41.1 Å². The predicted molar refractivity (Wildman–Crippen MR) is 189 cm³/mol. The zero-order chi connectivity index (χ0) is 39.6. The largest absolute Gasteiger partial charge is 0.460 e. The first-order valence-corrected chi connectivity index (χ1v) is 17.5. The number of amides is 3. The first kappa shape index (κ1) is 44.3. The molecule has 0 saturated carbocycles. The molecule has 1 aliphatic rings. The van der Waals surface area contributed by atoms with Gasteiger partial charge in [0.25, 0.3) is 5.91 Å². The number of carbonyl (C=O) groups excluding carboxylic acids is 5. The van der Waals surface area contributed by atoms with E-state index in [4.69, 9.17) is 4.74 Å². The number of nitrogens with one attached hydrogen (secondary N) is 4. The van der Waals surface area contributed by atoms with E-state index in [2.05, 4.69) is 27.8 Å². The van der Waals surface area contributed by atoms with Crippen molar-refractivity contribution in [1.82, 2.24) is 26.2 Å². The van der Waals surface area contributed by atoms with Gasteiger partial charge in [-0.25, -0.2) is 0 Å². The van der Waals surface area contributed by atoms with Crippen molar-refractivity contribution < 1.29 is 47.0 Å². The van der Waals surface area contributed by atoms with E-state index in [1.54, 1.807) is 53.7 Å². The van der Waals surface area contributed by atoms with Crippen LogP contribution in [0.4, 0.5) is 13.2 Å². The summed E-state index contributed by atoms with van der Waals surface area (Å²) in [4.78, 5) is 67.9. The summed E-state index contributed by atoms with van der Waals surface area (Å²) in [7, 11) is 0. The Labute approximate surface area is 304 Å². The van der Waals surface area contributed by atoms with E-state index in [1.807, 2.05) is 32.0 Å². The molecule has 0 aliphatic carbocycles. The van der Waals surface area contributed by atoms with E-state index in [-0.39, 0.29) is 38.0 Å². The van der Waals surface area contributed by atoms with Crippen LogP contribution < -0.4 is 21.3 Å². The average Bonchev–Trinajstić information content (AvgIpc) is 3.50. The van der Waals surface area contributed by atoms with E-state index in [1.165, 1.54) is 11.0 Å². The Bertz CT molecular complexity index is 1390. The van der Waals surface area contributed by atoms with Gasteiger partial charge in [0.05, 0.1) is 12.1 Å². The maximum absolute atomic E-state index is 14.4. The van der Waals surface area contributed by atoms with Gasteiger partial charge in [-0.1, -0.05) is 91.8 Å². The number of hydrogen-bond donors (Lipinski definition) is 5. The maximum atomic E-state index is 14.4. The molecule has 1 aromatic carbocycles. The number of Topliss-reactive ketones (excluding diaryl/α,β-unsaturated/α-hetero) is 1. The first-order chi connectivity index (χ1) is 24.0. The molecule has 1 fully saturated rings. The van der Waals surface area contributed by atoms with Gasteiger partial charge in [0, 0.05) is 19.5 Å². The highest BCUT2D eigenvalue weighted by molar-refractivity contribution is 6.38. The topological polar surface area (TPSA) is 166 Å². The smallest absolute Gasteiger partial charge is 0.389 e. The number of nitrogens with zero attached hydrogens (tertiary/aromatic N) is 1. The third kappa shape index (κ3) is 13.6. The van der Waals surface area contributed by atoms with E-state index in [0.29, 0.717) is 0 Å². The van der Waals surface area contributed by atoms with E-state index in [0.717, 1.165) is 5.56 Å². The Morgan fingerprint density at radius 1 is 0.981 bits per heavy atom. The van der Waals surface area contributed by atoms with E-state index >= 15 is 0 Å². The number of hydrogen-bond acceptors (Lipinski definition) is 9. The number of alkyl halides is 3. The lowest BCUT2D eigenvalue weighted by molar-refractivity contribution is -0.152. The highest BCUT2D eigenvalue weighted by Crippen LogP contribution is 2.33. The lowest BCUT2D eigenvalue weighted by Gasteiger charge is -2.38. The van der Waals surface area contributed by atoms with Crippen molar-refractivity contribution >= 4 is 29.5 Å². The van der Waals surface area contributed by atoms with Gasteiger partial charge < -0.3 is 25.4 Å². The van der Waals surface area contributed by atoms with Crippen LogP contribution in [0.5, 0.6) is 0 Å². The molecule has 1 aliphatic heterocycles. The minimum Gasteiger partial charge on any atom is -0.460 e. The fraction of sp³-hybridized carbons (Fsp3) is 0.649. The van der Waals surface area contributed by atoms with Crippen molar-refractivity contribution in [2.24, 2.45) is 22.7 Å². The van der Waals surface area contributed by atoms with Crippen LogP contribution in [-0.4, -0.2) is 89.3 Å². The van der Waals surface area contributed by atoms with Gasteiger partial charge in [0.15, 0.2) is 6.35 Å². The standard InChI is InChI=1S/C37H56F3N5O7/c1-10-18-41-31(48)27(46)25(16-17-37(38,39)40)42-30(47)26-19-24(22(2)3)20-45(26)32(49)28(35(4,5)6)43-34(51)44-29(36(7,8)9)33(50)52-21-23-14-12-11-13-15-23/h10-15,22,24-26,28-29,34,43-44,51H,1,16-21H2,2-9H3,(H,41,48)(H,42,47)/t24?,25?,26-,28+,29+,34?/m0/s1. The Morgan fingerprint density at radius 2 is 1.56 bits per heavy atom. The molecule has 0 spiro atoms. The number of benzene rings is 1. The lowest BCUT2D eigenvalue weighted by Crippen LogP contribution is -2.63. The van der Waals surface area contributed by atoms with Gasteiger partial charge in [0.1, 0.15) is 18.7 Å². The zero-order valence-electron chi connectivity index (χ0n) is 31.4. The molecule has 0 aromatic heterocycles. The van der Waals surface area contributed by atoms with E-state index < -0.39 is 89.8 Å². The lowest BCUT2D eigenvalue weighted by atomic mass is 9.85. The molecule has 1 aromatic rings. The summed E-state index contributed by atoms with van der Waals surface area (Å²) in [5.74, 6) is -4.71. The number of ether oxygens (including phenoxy) is 1.